The lowest BCUT2D eigenvalue weighted by Gasteiger charge is -2.23. The average molecular weight is 172 g/mol. The molecule has 1 saturated heterocycles. The summed E-state index contributed by atoms with van der Waals surface area (Å²) in [4.78, 5) is 0. The summed E-state index contributed by atoms with van der Waals surface area (Å²) < 4.78 is 0. The molecule has 1 fully saturated rings. The maximum atomic E-state index is 9.03. The highest BCUT2D eigenvalue weighted by Gasteiger charge is 2.11. The largest absolute Gasteiger partial charge is 0.393 e. The summed E-state index contributed by atoms with van der Waals surface area (Å²) in [6.45, 7) is 5.05. The highest BCUT2D eigenvalue weighted by molar-refractivity contribution is 4.74. The van der Waals surface area contributed by atoms with E-state index in [2.05, 4.69) is 10.6 Å². The Balaban J connectivity index is 1.98. The minimum Gasteiger partial charge on any atom is -0.393 e. The van der Waals surface area contributed by atoms with Crippen molar-refractivity contribution >= 4 is 0 Å². The van der Waals surface area contributed by atoms with Gasteiger partial charge in [0.2, 0.25) is 0 Å². The van der Waals surface area contributed by atoms with Crippen molar-refractivity contribution in [2.45, 2.75) is 38.3 Å². The summed E-state index contributed by atoms with van der Waals surface area (Å²) in [5.41, 5.74) is 0. The number of aliphatic hydroxyl groups excluding tert-OH is 1. The molecule has 0 spiro atoms. The zero-order valence-electron chi connectivity index (χ0n) is 7.84. The van der Waals surface area contributed by atoms with Gasteiger partial charge in [-0.15, -0.1) is 0 Å². The lowest BCUT2D eigenvalue weighted by atomic mass is 10.1. The van der Waals surface area contributed by atoms with Crippen molar-refractivity contribution in [1.82, 2.24) is 10.6 Å². The molecule has 0 aromatic carbocycles. The minimum atomic E-state index is -0.167. The van der Waals surface area contributed by atoms with Gasteiger partial charge in [-0.05, 0) is 45.8 Å². The van der Waals surface area contributed by atoms with Crippen LogP contribution < -0.4 is 10.6 Å². The topological polar surface area (TPSA) is 44.3 Å². The molecule has 0 aromatic rings. The quantitative estimate of drug-likeness (QED) is 0.563. The Kier molecular flexibility index (Phi) is 4.58. The molecule has 0 aromatic heterocycles. The van der Waals surface area contributed by atoms with Crippen molar-refractivity contribution in [3.63, 3.8) is 0 Å². The summed E-state index contributed by atoms with van der Waals surface area (Å²) in [6.07, 6.45) is 3.14. The van der Waals surface area contributed by atoms with Gasteiger partial charge in [-0.2, -0.15) is 0 Å². The Labute approximate surface area is 74.5 Å². The molecule has 0 saturated carbocycles. The molecule has 1 heterocycles. The van der Waals surface area contributed by atoms with Gasteiger partial charge in [-0.1, -0.05) is 0 Å². The maximum absolute atomic E-state index is 9.03. The molecule has 1 aliphatic rings. The Hall–Kier alpha value is -0.120. The van der Waals surface area contributed by atoms with Gasteiger partial charge in [-0.3, -0.25) is 0 Å². The lowest BCUT2D eigenvalue weighted by Crippen LogP contribution is -2.40. The second-order valence-electron chi connectivity index (χ2n) is 3.62. The number of hydrogen-bond donors (Lipinski definition) is 3. The van der Waals surface area contributed by atoms with Gasteiger partial charge in [0.15, 0.2) is 0 Å². The van der Waals surface area contributed by atoms with Gasteiger partial charge >= 0.3 is 0 Å². The van der Waals surface area contributed by atoms with Crippen LogP contribution in [-0.4, -0.2) is 36.9 Å². The second kappa shape index (κ2) is 5.51. The summed E-state index contributed by atoms with van der Waals surface area (Å²) in [7, 11) is 0. The van der Waals surface area contributed by atoms with E-state index in [-0.39, 0.29) is 6.10 Å². The van der Waals surface area contributed by atoms with Crippen LogP contribution in [0.15, 0.2) is 0 Å². The molecule has 0 amide bonds. The van der Waals surface area contributed by atoms with Crippen LogP contribution in [-0.2, 0) is 0 Å². The van der Waals surface area contributed by atoms with Gasteiger partial charge in [-0.25, -0.2) is 0 Å². The number of nitrogens with one attached hydrogen (secondary N) is 2. The van der Waals surface area contributed by atoms with Crippen LogP contribution in [0, 0.1) is 0 Å². The Morgan fingerprint density at radius 1 is 1.50 bits per heavy atom. The third-order valence-corrected chi connectivity index (χ3v) is 2.33. The second-order valence-corrected chi connectivity index (χ2v) is 3.62. The van der Waals surface area contributed by atoms with E-state index in [4.69, 9.17) is 5.11 Å². The van der Waals surface area contributed by atoms with E-state index in [9.17, 15) is 0 Å². The molecule has 72 valence electrons. The SMILES string of the molecule is CC(O)CCNC1CCNCC1. The molecule has 1 rings (SSSR count). The predicted octanol–water partition coefficient (Wildman–Crippen LogP) is 0.0989. The lowest BCUT2D eigenvalue weighted by molar-refractivity contribution is 0.181. The van der Waals surface area contributed by atoms with Crippen molar-refractivity contribution < 1.29 is 5.11 Å². The monoisotopic (exact) mass is 172 g/mol. The highest BCUT2D eigenvalue weighted by Crippen LogP contribution is 2.01. The van der Waals surface area contributed by atoms with Gasteiger partial charge in [0.1, 0.15) is 0 Å². The zero-order chi connectivity index (χ0) is 8.81. The number of aliphatic hydroxyl groups is 1. The van der Waals surface area contributed by atoms with E-state index in [0.717, 1.165) is 26.1 Å². The molecule has 12 heavy (non-hydrogen) atoms. The van der Waals surface area contributed by atoms with Crippen LogP contribution in [0.5, 0.6) is 0 Å². The molecule has 0 aliphatic carbocycles. The van der Waals surface area contributed by atoms with E-state index in [1.165, 1.54) is 12.8 Å². The third-order valence-electron chi connectivity index (χ3n) is 2.33. The van der Waals surface area contributed by atoms with Crippen molar-refractivity contribution in [2.75, 3.05) is 19.6 Å². The van der Waals surface area contributed by atoms with E-state index in [0.29, 0.717) is 6.04 Å². The first kappa shape index (κ1) is 9.96. The van der Waals surface area contributed by atoms with Crippen LogP contribution in [0.3, 0.4) is 0 Å². The predicted molar refractivity (Wildman–Crippen MR) is 50.2 cm³/mol. The number of hydrogen-bond acceptors (Lipinski definition) is 3. The van der Waals surface area contributed by atoms with Crippen molar-refractivity contribution in [3.05, 3.63) is 0 Å². The van der Waals surface area contributed by atoms with Crippen LogP contribution in [0.25, 0.3) is 0 Å². The maximum Gasteiger partial charge on any atom is 0.0524 e. The fraction of sp³-hybridized carbons (Fsp3) is 1.00. The van der Waals surface area contributed by atoms with Gasteiger partial charge in [0, 0.05) is 6.04 Å². The Morgan fingerprint density at radius 2 is 2.17 bits per heavy atom. The van der Waals surface area contributed by atoms with Gasteiger partial charge in [0.25, 0.3) is 0 Å². The third kappa shape index (κ3) is 4.04. The fourth-order valence-electron chi connectivity index (χ4n) is 1.52. The molecular formula is C9H20N2O. The van der Waals surface area contributed by atoms with Crippen molar-refractivity contribution in [3.8, 4) is 0 Å². The van der Waals surface area contributed by atoms with E-state index in [1.54, 1.807) is 0 Å². The molecule has 0 radical (unpaired) electrons. The summed E-state index contributed by atoms with van der Waals surface area (Å²) in [5.74, 6) is 0. The number of piperidine rings is 1. The normalized spacial score (nSPS) is 22.5. The summed E-state index contributed by atoms with van der Waals surface area (Å²) >= 11 is 0. The first-order chi connectivity index (χ1) is 5.79. The molecule has 0 bridgehead atoms. The summed E-state index contributed by atoms with van der Waals surface area (Å²) in [5, 5.41) is 15.8. The van der Waals surface area contributed by atoms with Gasteiger partial charge in [0.05, 0.1) is 6.10 Å². The molecule has 3 N–H and O–H groups in total. The molecule has 3 heteroatoms. The van der Waals surface area contributed by atoms with E-state index in [1.807, 2.05) is 6.92 Å². The fourth-order valence-corrected chi connectivity index (χ4v) is 1.52. The van der Waals surface area contributed by atoms with Crippen LogP contribution >= 0.6 is 0 Å². The Bertz CT molecular complexity index is 111. The van der Waals surface area contributed by atoms with Gasteiger partial charge < -0.3 is 15.7 Å². The van der Waals surface area contributed by atoms with Crippen molar-refractivity contribution in [2.24, 2.45) is 0 Å². The van der Waals surface area contributed by atoms with Crippen LogP contribution in [0.4, 0.5) is 0 Å². The smallest absolute Gasteiger partial charge is 0.0524 e. The van der Waals surface area contributed by atoms with Crippen LogP contribution in [0.1, 0.15) is 26.2 Å². The van der Waals surface area contributed by atoms with E-state index < -0.39 is 0 Å². The van der Waals surface area contributed by atoms with Crippen LogP contribution in [0.2, 0.25) is 0 Å². The first-order valence-corrected chi connectivity index (χ1v) is 4.91. The highest BCUT2D eigenvalue weighted by atomic mass is 16.3. The molecule has 1 atom stereocenters. The van der Waals surface area contributed by atoms with Crippen molar-refractivity contribution in [1.29, 1.82) is 0 Å². The van der Waals surface area contributed by atoms with E-state index >= 15 is 0 Å². The zero-order valence-corrected chi connectivity index (χ0v) is 7.84. The Morgan fingerprint density at radius 3 is 2.75 bits per heavy atom. The number of rotatable bonds is 4. The molecule has 1 unspecified atom stereocenters. The molecular weight excluding hydrogens is 152 g/mol. The molecule has 3 nitrogen and oxygen atoms in total. The average Bonchev–Trinajstić information content (AvgIpc) is 2.05. The summed E-state index contributed by atoms with van der Waals surface area (Å²) in [6, 6.07) is 0.671. The first-order valence-electron chi connectivity index (χ1n) is 4.91. The molecule has 1 aliphatic heterocycles. The standard InChI is InChI=1S/C9H20N2O/c1-8(12)2-7-11-9-3-5-10-6-4-9/h8-12H,2-7H2,1H3. The minimum absolute atomic E-state index is 0.167.